The average Bonchev–Trinajstić information content (AvgIpc) is 2.95. The number of amides is 2. The van der Waals surface area contributed by atoms with E-state index in [1.807, 2.05) is 4.90 Å². The molecule has 4 nitrogen and oxygen atoms in total. The van der Waals surface area contributed by atoms with Crippen LogP contribution >= 0.6 is 0 Å². The Hall–Kier alpha value is -0.770. The summed E-state index contributed by atoms with van der Waals surface area (Å²) in [7, 11) is 2.15. The number of hydrogen-bond acceptors (Lipinski definition) is 2. The van der Waals surface area contributed by atoms with Crippen LogP contribution in [0.4, 0.5) is 4.79 Å². The Balaban J connectivity index is 1.71. The minimum absolute atomic E-state index is 0.157. The van der Waals surface area contributed by atoms with Crippen LogP contribution in [0.3, 0.4) is 0 Å². The highest BCUT2D eigenvalue weighted by Crippen LogP contribution is 2.21. The number of nitrogens with zero attached hydrogens (tertiary/aromatic N) is 2. The highest BCUT2D eigenvalue weighted by molar-refractivity contribution is 5.75. The van der Waals surface area contributed by atoms with E-state index >= 15 is 0 Å². The Morgan fingerprint density at radius 2 is 2.19 bits per heavy atom. The molecule has 1 aliphatic heterocycles. The van der Waals surface area contributed by atoms with Gasteiger partial charge in [-0.15, -0.1) is 0 Å². The number of hydrogen-bond donors (Lipinski definition) is 1. The molecule has 1 aliphatic carbocycles. The summed E-state index contributed by atoms with van der Waals surface area (Å²) in [4.78, 5) is 16.1. The van der Waals surface area contributed by atoms with E-state index < -0.39 is 0 Å². The van der Waals surface area contributed by atoms with E-state index in [2.05, 4.69) is 24.2 Å². The number of nitrogens with one attached hydrogen (secondary N) is 1. The molecular formula is C12H23N3O. The summed E-state index contributed by atoms with van der Waals surface area (Å²) in [5.74, 6) is 0.662. The van der Waals surface area contributed by atoms with Crippen LogP contribution in [-0.4, -0.2) is 55.1 Å². The van der Waals surface area contributed by atoms with E-state index in [1.54, 1.807) is 0 Å². The van der Waals surface area contributed by atoms with Crippen molar-refractivity contribution in [2.45, 2.75) is 32.2 Å². The van der Waals surface area contributed by atoms with E-state index in [0.717, 1.165) is 32.6 Å². The molecule has 2 fully saturated rings. The van der Waals surface area contributed by atoms with E-state index in [-0.39, 0.29) is 6.03 Å². The predicted octanol–water partition coefficient (Wildman–Crippen LogP) is 1.13. The quantitative estimate of drug-likeness (QED) is 0.778. The minimum Gasteiger partial charge on any atom is -0.335 e. The van der Waals surface area contributed by atoms with Crippen molar-refractivity contribution < 1.29 is 4.79 Å². The van der Waals surface area contributed by atoms with E-state index in [9.17, 15) is 4.79 Å². The van der Waals surface area contributed by atoms with Crippen LogP contribution in [0.25, 0.3) is 0 Å². The first-order valence-corrected chi connectivity index (χ1v) is 6.43. The summed E-state index contributed by atoms with van der Waals surface area (Å²) in [5.41, 5.74) is 0. The molecule has 0 aromatic carbocycles. The van der Waals surface area contributed by atoms with Gasteiger partial charge in [0.15, 0.2) is 0 Å². The number of carbonyl (C=O) groups is 1. The molecule has 16 heavy (non-hydrogen) atoms. The molecule has 1 N–H and O–H groups in total. The fraction of sp³-hybridized carbons (Fsp3) is 0.917. The van der Waals surface area contributed by atoms with Gasteiger partial charge in [0, 0.05) is 25.7 Å². The molecule has 92 valence electrons. The van der Waals surface area contributed by atoms with Crippen LogP contribution in [0.15, 0.2) is 0 Å². The van der Waals surface area contributed by atoms with Gasteiger partial charge in [-0.05, 0) is 38.8 Å². The highest BCUT2D eigenvalue weighted by atomic mass is 16.2. The van der Waals surface area contributed by atoms with Crippen molar-refractivity contribution in [1.29, 1.82) is 0 Å². The SMILES string of the molecule is CCN(C)C[C@@H]1CCN(C(=O)NC2CC2)C1. The molecule has 4 heteroatoms. The molecule has 1 heterocycles. The van der Waals surface area contributed by atoms with Gasteiger partial charge in [0.05, 0.1) is 0 Å². The molecule has 0 radical (unpaired) electrons. The molecule has 1 atom stereocenters. The summed E-state index contributed by atoms with van der Waals surface area (Å²) in [6.07, 6.45) is 3.49. The maximum atomic E-state index is 11.8. The number of likely N-dealkylation sites (tertiary alicyclic amines) is 1. The zero-order valence-corrected chi connectivity index (χ0v) is 10.4. The van der Waals surface area contributed by atoms with Crippen molar-refractivity contribution in [3.05, 3.63) is 0 Å². The number of rotatable bonds is 4. The topological polar surface area (TPSA) is 35.6 Å². The Morgan fingerprint density at radius 1 is 1.44 bits per heavy atom. The van der Waals surface area contributed by atoms with E-state index in [4.69, 9.17) is 0 Å². The van der Waals surface area contributed by atoms with Crippen LogP contribution in [0.1, 0.15) is 26.2 Å². The van der Waals surface area contributed by atoms with Gasteiger partial charge in [0.1, 0.15) is 0 Å². The molecule has 0 spiro atoms. The lowest BCUT2D eigenvalue weighted by atomic mass is 10.1. The molecule has 1 saturated carbocycles. The van der Waals surface area contributed by atoms with Gasteiger partial charge in [0.25, 0.3) is 0 Å². The largest absolute Gasteiger partial charge is 0.335 e. The number of urea groups is 1. The minimum atomic E-state index is 0.157. The summed E-state index contributed by atoms with van der Waals surface area (Å²) in [5, 5.41) is 3.06. The molecule has 0 aromatic rings. The van der Waals surface area contributed by atoms with Crippen LogP contribution in [0.5, 0.6) is 0 Å². The predicted molar refractivity (Wildman–Crippen MR) is 64.4 cm³/mol. The van der Waals surface area contributed by atoms with Gasteiger partial charge in [-0.25, -0.2) is 4.79 Å². The smallest absolute Gasteiger partial charge is 0.317 e. The summed E-state index contributed by atoms with van der Waals surface area (Å²) in [6, 6.07) is 0.633. The Kier molecular flexibility index (Phi) is 3.69. The monoisotopic (exact) mass is 225 g/mol. The first-order valence-electron chi connectivity index (χ1n) is 6.43. The lowest BCUT2D eigenvalue weighted by molar-refractivity contribution is 0.204. The molecule has 2 rings (SSSR count). The molecular weight excluding hydrogens is 202 g/mol. The first kappa shape index (κ1) is 11.7. The van der Waals surface area contributed by atoms with Crippen LogP contribution in [-0.2, 0) is 0 Å². The van der Waals surface area contributed by atoms with Crippen molar-refractivity contribution >= 4 is 6.03 Å². The second-order valence-electron chi connectivity index (χ2n) is 5.18. The van der Waals surface area contributed by atoms with Gasteiger partial charge in [0.2, 0.25) is 0 Å². The van der Waals surface area contributed by atoms with Gasteiger partial charge in [-0.2, -0.15) is 0 Å². The molecule has 2 aliphatic rings. The zero-order valence-electron chi connectivity index (χ0n) is 10.4. The lowest BCUT2D eigenvalue weighted by Crippen LogP contribution is -2.40. The summed E-state index contributed by atoms with van der Waals surface area (Å²) < 4.78 is 0. The van der Waals surface area contributed by atoms with Crippen LogP contribution in [0, 0.1) is 5.92 Å². The Labute approximate surface area is 98.0 Å². The fourth-order valence-electron chi connectivity index (χ4n) is 2.23. The molecule has 2 amide bonds. The third-order valence-electron chi connectivity index (χ3n) is 3.59. The standard InChI is InChI=1S/C12H23N3O/c1-3-14(2)8-10-6-7-15(9-10)12(16)13-11-4-5-11/h10-11H,3-9H2,1-2H3,(H,13,16)/t10-/m0/s1. The van der Waals surface area contributed by atoms with Crippen molar-refractivity contribution in [2.24, 2.45) is 5.92 Å². The van der Waals surface area contributed by atoms with Gasteiger partial charge in [-0.3, -0.25) is 0 Å². The third-order valence-corrected chi connectivity index (χ3v) is 3.59. The molecule has 0 aromatic heterocycles. The van der Waals surface area contributed by atoms with Crippen LogP contribution < -0.4 is 5.32 Å². The first-order chi connectivity index (χ1) is 7.69. The second-order valence-corrected chi connectivity index (χ2v) is 5.18. The van der Waals surface area contributed by atoms with Gasteiger partial charge < -0.3 is 15.1 Å². The summed E-state index contributed by atoms with van der Waals surface area (Å²) >= 11 is 0. The lowest BCUT2D eigenvalue weighted by Gasteiger charge is -2.20. The maximum absolute atomic E-state index is 11.8. The Morgan fingerprint density at radius 3 is 2.81 bits per heavy atom. The summed E-state index contributed by atoms with van der Waals surface area (Å²) in [6.45, 7) is 6.24. The number of carbonyl (C=O) groups excluding carboxylic acids is 1. The zero-order chi connectivity index (χ0) is 11.5. The van der Waals surface area contributed by atoms with Crippen molar-refractivity contribution in [3.63, 3.8) is 0 Å². The Bertz CT molecular complexity index is 253. The fourth-order valence-corrected chi connectivity index (χ4v) is 2.23. The molecule has 0 unspecified atom stereocenters. The average molecular weight is 225 g/mol. The van der Waals surface area contributed by atoms with Gasteiger partial charge >= 0.3 is 6.03 Å². The highest BCUT2D eigenvalue weighted by Gasteiger charge is 2.30. The molecule has 1 saturated heterocycles. The maximum Gasteiger partial charge on any atom is 0.317 e. The van der Waals surface area contributed by atoms with Crippen molar-refractivity contribution in [1.82, 2.24) is 15.1 Å². The van der Waals surface area contributed by atoms with Gasteiger partial charge in [-0.1, -0.05) is 6.92 Å². The van der Waals surface area contributed by atoms with Crippen molar-refractivity contribution in [2.75, 3.05) is 33.2 Å². The van der Waals surface area contributed by atoms with E-state index in [0.29, 0.717) is 12.0 Å². The second kappa shape index (κ2) is 5.04. The van der Waals surface area contributed by atoms with Crippen LogP contribution in [0.2, 0.25) is 0 Å². The van der Waals surface area contributed by atoms with Crippen molar-refractivity contribution in [3.8, 4) is 0 Å². The third kappa shape index (κ3) is 3.11. The molecule has 0 bridgehead atoms. The normalized spacial score (nSPS) is 25.2. The van der Waals surface area contributed by atoms with E-state index in [1.165, 1.54) is 12.8 Å².